The fraction of sp³-hybridized carbons (Fsp3) is 0.300. The lowest BCUT2D eigenvalue weighted by Crippen LogP contribution is -2.22. The van der Waals surface area contributed by atoms with Crippen LogP contribution in [0.25, 0.3) is 0 Å². The van der Waals surface area contributed by atoms with Gasteiger partial charge in [-0.05, 0) is 59.1 Å². The van der Waals surface area contributed by atoms with Crippen LogP contribution < -0.4 is 10.1 Å². The number of benzene rings is 2. The Balaban J connectivity index is 1.99. The van der Waals surface area contributed by atoms with Crippen molar-refractivity contribution in [3.63, 3.8) is 0 Å². The summed E-state index contributed by atoms with van der Waals surface area (Å²) in [5.74, 6) is -0.233. The van der Waals surface area contributed by atoms with Crippen molar-refractivity contribution in [3.05, 3.63) is 58.1 Å². The molecule has 0 aliphatic rings. The number of anilines is 1. The molecule has 0 aromatic heterocycles. The van der Waals surface area contributed by atoms with Crippen LogP contribution in [0.1, 0.15) is 36.2 Å². The highest BCUT2D eigenvalue weighted by molar-refractivity contribution is 9.10. The largest absolute Gasteiger partial charge is 0.483 e. The number of para-hydroxylation sites is 1. The first-order valence-corrected chi connectivity index (χ1v) is 9.31. The number of aryl methyl sites for hydroxylation is 1. The van der Waals surface area contributed by atoms with Gasteiger partial charge in [0.2, 0.25) is 0 Å². The van der Waals surface area contributed by atoms with Crippen LogP contribution in [0.3, 0.4) is 0 Å². The standard InChI is InChI=1S/C20H22BrNO4/c1-3-7-14-10-11-18(16(21)12-14)26-13-19(23)22-17-9-6-5-8-15(17)20(24)25-4-2/h5-6,8-12H,3-4,7,13H2,1-2H3,(H,22,23). The summed E-state index contributed by atoms with van der Waals surface area (Å²) in [5, 5.41) is 2.69. The summed E-state index contributed by atoms with van der Waals surface area (Å²) in [6.07, 6.45) is 2.05. The van der Waals surface area contributed by atoms with E-state index in [2.05, 4.69) is 28.2 Å². The van der Waals surface area contributed by atoms with Crippen molar-refractivity contribution in [2.75, 3.05) is 18.5 Å². The van der Waals surface area contributed by atoms with Crippen molar-refractivity contribution in [3.8, 4) is 5.75 Å². The lowest BCUT2D eigenvalue weighted by molar-refractivity contribution is -0.118. The van der Waals surface area contributed by atoms with Crippen molar-refractivity contribution in [1.82, 2.24) is 0 Å². The maximum atomic E-state index is 12.2. The molecule has 138 valence electrons. The summed E-state index contributed by atoms with van der Waals surface area (Å²) in [7, 11) is 0. The van der Waals surface area contributed by atoms with Gasteiger partial charge in [-0.15, -0.1) is 0 Å². The lowest BCUT2D eigenvalue weighted by atomic mass is 10.1. The van der Waals surface area contributed by atoms with E-state index in [4.69, 9.17) is 9.47 Å². The minimum atomic E-state index is -0.474. The first kappa shape index (κ1) is 20.0. The second-order valence-corrected chi connectivity index (χ2v) is 6.47. The van der Waals surface area contributed by atoms with Crippen LogP contribution in [0.2, 0.25) is 0 Å². The lowest BCUT2D eigenvalue weighted by Gasteiger charge is -2.12. The molecule has 2 rings (SSSR count). The Labute approximate surface area is 161 Å². The second kappa shape index (κ2) is 9.97. The molecule has 0 unspecified atom stereocenters. The molecule has 2 aromatic carbocycles. The first-order valence-electron chi connectivity index (χ1n) is 8.52. The maximum Gasteiger partial charge on any atom is 0.340 e. The Morgan fingerprint density at radius 2 is 1.88 bits per heavy atom. The Kier molecular flexibility index (Phi) is 7.66. The van der Waals surface area contributed by atoms with E-state index in [0.717, 1.165) is 17.3 Å². The first-order chi connectivity index (χ1) is 12.5. The molecule has 0 radical (unpaired) electrons. The predicted octanol–water partition coefficient (Wildman–Crippen LogP) is 4.60. The van der Waals surface area contributed by atoms with Crippen LogP contribution in [-0.2, 0) is 16.0 Å². The molecule has 1 N–H and O–H groups in total. The number of carbonyl (C=O) groups is 2. The average molecular weight is 420 g/mol. The average Bonchev–Trinajstić information content (AvgIpc) is 2.62. The highest BCUT2D eigenvalue weighted by Crippen LogP contribution is 2.26. The molecule has 1 amide bonds. The van der Waals surface area contributed by atoms with E-state index in [9.17, 15) is 9.59 Å². The van der Waals surface area contributed by atoms with Crippen molar-refractivity contribution >= 4 is 33.5 Å². The number of hydrogen-bond donors (Lipinski definition) is 1. The Morgan fingerprint density at radius 1 is 1.12 bits per heavy atom. The molecule has 0 atom stereocenters. The van der Waals surface area contributed by atoms with Crippen LogP contribution in [0, 0.1) is 0 Å². The molecule has 5 nitrogen and oxygen atoms in total. The van der Waals surface area contributed by atoms with E-state index in [1.807, 2.05) is 18.2 Å². The number of esters is 1. The van der Waals surface area contributed by atoms with Crippen LogP contribution in [-0.4, -0.2) is 25.1 Å². The molecule has 0 spiro atoms. The maximum absolute atomic E-state index is 12.2. The Bertz CT molecular complexity index is 776. The quantitative estimate of drug-likeness (QED) is 0.635. The van der Waals surface area contributed by atoms with E-state index in [1.165, 1.54) is 5.56 Å². The highest BCUT2D eigenvalue weighted by Gasteiger charge is 2.14. The van der Waals surface area contributed by atoms with E-state index < -0.39 is 5.97 Å². The number of ether oxygens (including phenoxy) is 2. The van der Waals surface area contributed by atoms with Crippen LogP contribution >= 0.6 is 15.9 Å². The normalized spacial score (nSPS) is 10.3. The van der Waals surface area contributed by atoms with E-state index in [-0.39, 0.29) is 19.1 Å². The van der Waals surface area contributed by atoms with E-state index >= 15 is 0 Å². The summed E-state index contributed by atoms with van der Waals surface area (Å²) in [5.41, 5.74) is 1.92. The van der Waals surface area contributed by atoms with Crippen molar-refractivity contribution in [2.45, 2.75) is 26.7 Å². The van der Waals surface area contributed by atoms with Gasteiger partial charge in [-0.25, -0.2) is 4.79 Å². The second-order valence-electron chi connectivity index (χ2n) is 5.62. The predicted molar refractivity (Wildman–Crippen MR) is 105 cm³/mol. The van der Waals surface area contributed by atoms with Gasteiger partial charge < -0.3 is 14.8 Å². The minimum Gasteiger partial charge on any atom is -0.483 e. The zero-order valence-corrected chi connectivity index (χ0v) is 16.5. The van der Waals surface area contributed by atoms with E-state index in [0.29, 0.717) is 17.0 Å². The van der Waals surface area contributed by atoms with Crippen LogP contribution in [0.15, 0.2) is 46.9 Å². The number of rotatable bonds is 8. The van der Waals surface area contributed by atoms with Gasteiger partial charge in [-0.1, -0.05) is 31.5 Å². The summed E-state index contributed by atoms with van der Waals surface area (Å²) in [6.45, 7) is 3.96. The van der Waals surface area contributed by atoms with E-state index in [1.54, 1.807) is 31.2 Å². The number of hydrogen-bond acceptors (Lipinski definition) is 4. The van der Waals surface area contributed by atoms with Gasteiger partial charge in [0.25, 0.3) is 5.91 Å². The highest BCUT2D eigenvalue weighted by atomic mass is 79.9. The molecule has 0 aliphatic heterocycles. The van der Waals surface area contributed by atoms with Gasteiger partial charge in [-0.3, -0.25) is 4.79 Å². The minimum absolute atomic E-state index is 0.164. The van der Waals surface area contributed by atoms with Gasteiger partial charge in [-0.2, -0.15) is 0 Å². The number of amides is 1. The third kappa shape index (κ3) is 5.59. The van der Waals surface area contributed by atoms with Crippen molar-refractivity contribution in [1.29, 1.82) is 0 Å². The third-order valence-electron chi connectivity index (χ3n) is 3.59. The van der Waals surface area contributed by atoms with Crippen molar-refractivity contribution in [2.24, 2.45) is 0 Å². The molecule has 0 saturated carbocycles. The molecule has 0 saturated heterocycles. The molecule has 26 heavy (non-hydrogen) atoms. The SMILES string of the molecule is CCCc1ccc(OCC(=O)Nc2ccccc2C(=O)OCC)c(Br)c1. The molecule has 2 aromatic rings. The fourth-order valence-corrected chi connectivity index (χ4v) is 2.95. The molecule has 6 heteroatoms. The Hall–Kier alpha value is -2.34. The number of halogens is 1. The monoisotopic (exact) mass is 419 g/mol. The summed E-state index contributed by atoms with van der Waals surface area (Å²) < 4.78 is 11.4. The third-order valence-corrected chi connectivity index (χ3v) is 4.21. The van der Waals surface area contributed by atoms with Gasteiger partial charge >= 0.3 is 5.97 Å². The molecule has 0 fully saturated rings. The van der Waals surface area contributed by atoms with Crippen LogP contribution in [0.4, 0.5) is 5.69 Å². The Morgan fingerprint density at radius 3 is 2.58 bits per heavy atom. The van der Waals surface area contributed by atoms with Gasteiger partial charge in [0, 0.05) is 0 Å². The molecular weight excluding hydrogens is 398 g/mol. The summed E-state index contributed by atoms with van der Waals surface area (Å²) in [4.78, 5) is 24.1. The molecular formula is C20H22BrNO4. The summed E-state index contributed by atoms with van der Waals surface area (Å²) >= 11 is 3.46. The smallest absolute Gasteiger partial charge is 0.340 e. The molecule has 0 aliphatic carbocycles. The van der Waals surface area contributed by atoms with Gasteiger partial charge in [0.15, 0.2) is 6.61 Å². The zero-order chi connectivity index (χ0) is 18.9. The van der Waals surface area contributed by atoms with Crippen molar-refractivity contribution < 1.29 is 19.1 Å². The number of carbonyl (C=O) groups excluding carboxylic acids is 2. The molecule has 0 bridgehead atoms. The van der Waals surface area contributed by atoms with Gasteiger partial charge in [0.1, 0.15) is 5.75 Å². The summed E-state index contributed by atoms with van der Waals surface area (Å²) in [6, 6.07) is 12.5. The van der Waals surface area contributed by atoms with Crippen LogP contribution in [0.5, 0.6) is 5.75 Å². The molecule has 0 heterocycles. The topological polar surface area (TPSA) is 64.6 Å². The fourth-order valence-electron chi connectivity index (χ4n) is 2.41. The van der Waals surface area contributed by atoms with Gasteiger partial charge in [0.05, 0.1) is 22.3 Å². The zero-order valence-electron chi connectivity index (χ0n) is 14.9. The number of nitrogens with one attached hydrogen (secondary N) is 1.